The Kier molecular flexibility index (Phi) is 4.08. The van der Waals surface area contributed by atoms with E-state index >= 15 is 0 Å². The van der Waals surface area contributed by atoms with E-state index in [1.165, 1.54) is 6.07 Å². The summed E-state index contributed by atoms with van der Waals surface area (Å²) in [6, 6.07) is 9.20. The number of nitrogens with one attached hydrogen (secondary N) is 1. The molecular formula is C15H20N4O. The van der Waals surface area contributed by atoms with Gasteiger partial charge in [-0.1, -0.05) is 32.0 Å². The molecule has 20 heavy (non-hydrogen) atoms. The number of aromatic amines is 1. The second kappa shape index (κ2) is 5.77. The van der Waals surface area contributed by atoms with Gasteiger partial charge in [0.15, 0.2) is 0 Å². The molecule has 0 atom stereocenters. The third-order valence-electron chi connectivity index (χ3n) is 3.15. The molecule has 0 radical (unpaired) electrons. The second-order valence-corrected chi connectivity index (χ2v) is 5.20. The molecule has 0 saturated carbocycles. The summed E-state index contributed by atoms with van der Waals surface area (Å²) in [5.74, 6) is 1.53. The van der Waals surface area contributed by atoms with Crippen LogP contribution in [0.2, 0.25) is 0 Å². The van der Waals surface area contributed by atoms with Gasteiger partial charge < -0.3 is 15.6 Å². The molecule has 0 fully saturated rings. The molecule has 0 aliphatic heterocycles. The highest BCUT2D eigenvalue weighted by Crippen LogP contribution is 2.17. The van der Waals surface area contributed by atoms with Crippen molar-refractivity contribution < 1.29 is 0 Å². The van der Waals surface area contributed by atoms with Crippen LogP contribution in [0.3, 0.4) is 0 Å². The van der Waals surface area contributed by atoms with Crippen molar-refractivity contribution in [1.29, 1.82) is 0 Å². The molecule has 0 bridgehead atoms. The van der Waals surface area contributed by atoms with Gasteiger partial charge >= 0.3 is 0 Å². The van der Waals surface area contributed by atoms with E-state index in [2.05, 4.69) is 9.97 Å². The summed E-state index contributed by atoms with van der Waals surface area (Å²) >= 11 is 0. The van der Waals surface area contributed by atoms with Gasteiger partial charge in [-0.15, -0.1) is 0 Å². The number of H-pyrrole nitrogens is 1. The van der Waals surface area contributed by atoms with Gasteiger partial charge in [0.1, 0.15) is 11.6 Å². The lowest BCUT2D eigenvalue weighted by molar-refractivity contribution is 0.755. The van der Waals surface area contributed by atoms with E-state index in [9.17, 15) is 4.79 Å². The van der Waals surface area contributed by atoms with Gasteiger partial charge in [0.25, 0.3) is 5.56 Å². The maximum atomic E-state index is 11.7. The van der Waals surface area contributed by atoms with Crippen LogP contribution in [0.15, 0.2) is 35.1 Å². The number of para-hydroxylation sites is 1. The van der Waals surface area contributed by atoms with Crippen molar-refractivity contribution in [3.05, 3.63) is 52.1 Å². The molecule has 0 saturated heterocycles. The van der Waals surface area contributed by atoms with Crippen LogP contribution in [0.4, 0.5) is 11.5 Å². The first kappa shape index (κ1) is 14.1. The molecule has 1 heterocycles. The summed E-state index contributed by atoms with van der Waals surface area (Å²) < 4.78 is 0. The van der Waals surface area contributed by atoms with E-state index in [0.29, 0.717) is 18.2 Å². The third kappa shape index (κ3) is 3.17. The zero-order valence-electron chi connectivity index (χ0n) is 12.1. The molecule has 1 aromatic carbocycles. The predicted octanol–water partition coefficient (Wildman–Crippen LogP) is 2.11. The number of nitrogen functional groups attached to an aromatic ring is 1. The van der Waals surface area contributed by atoms with Gasteiger partial charge in [0.05, 0.1) is 0 Å². The highest BCUT2D eigenvalue weighted by atomic mass is 16.1. The molecule has 106 valence electrons. The number of rotatable bonds is 4. The molecule has 0 unspecified atom stereocenters. The molecule has 5 nitrogen and oxygen atoms in total. The van der Waals surface area contributed by atoms with Crippen molar-refractivity contribution in [3.63, 3.8) is 0 Å². The Morgan fingerprint density at radius 3 is 2.70 bits per heavy atom. The standard InChI is InChI=1S/C15H20N4O/c1-10(2)15-17-13(8-14(20)18-15)19(3)9-11-6-4-5-7-12(11)16/h4-8,10H,9,16H2,1-3H3,(H,17,18,20). The van der Waals surface area contributed by atoms with E-state index in [1.807, 2.05) is 50.1 Å². The van der Waals surface area contributed by atoms with Gasteiger partial charge in [-0.25, -0.2) is 4.98 Å². The van der Waals surface area contributed by atoms with Crippen LogP contribution in [-0.2, 0) is 6.54 Å². The smallest absolute Gasteiger partial charge is 0.252 e. The minimum Gasteiger partial charge on any atom is -0.398 e. The highest BCUT2D eigenvalue weighted by Gasteiger charge is 2.10. The minimum absolute atomic E-state index is 0.133. The average Bonchev–Trinajstić information content (AvgIpc) is 2.40. The lowest BCUT2D eigenvalue weighted by atomic mass is 10.1. The Labute approximate surface area is 118 Å². The zero-order valence-corrected chi connectivity index (χ0v) is 12.1. The summed E-state index contributed by atoms with van der Waals surface area (Å²) in [6.07, 6.45) is 0. The summed E-state index contributed by atoms with van der Waals surface area (Å²) in [5, 5.41) is 0. The van der Waals surface area contributed by atoms with Crippen LogP contribution < -0.4 is 16.2 Å². The first-order valence-electron chi connectivity index (χ1n) is 6.63. The van der Waals surface area contributed by atoms with Crippen LogP contribution >= 0.6 is 0 Å². The predicted molar refractivity (Wildman–Crippen MR) is 81.9 cm³/mol. The van der Waals surface area contributed by atoms with E-state index in [4.69, 9.17) is 5.73 Å². The number of aromatic nitrogens is 2. The maximum Gasteiger partial charge on any atom is 0.252 e. The highest BCUT2D eigenvalue weighted by molar-refractivity contribution is 5.49. The number of anilines is 2. The number of hydrogen-bond donors (Lipinski definition) is 2. The Bertz CT molecular complexity index is 648. The van der Waals surface area contributed by atoms with Crippen LogP contribution in [0.25, 0.3) is 0 Å². The van der Waals surface area contributed by atoms with Crippen LogP contribution in [-0.4, -0.2) is 17.0 Å². The van der Waals surface area contributed by atoms with Crippen LogP contribution in [0, 0.1) is 0 Å². The Morgan fingerprint density at radius 1 is 1.35 bits per heavy atom. The fourth-order valence-electron chi connectivity index (χ4n) is 1.95. The van der Waals surface area contributed by atoms with E-state index in [0.717, 1.165) is 11.3 Å². The molecule has 2 rings (SSSR count). The van der Waals surface area contributed by atoms with Gasteiger partial charge in [-0.3, -0.25) is 4.79 Å². The molecule has 0 aliphatic carbocycles. The molecule has 1 aromatic heterocycles. The van der Waals surface area contributed by atoms with E-state index in [-0.39, 0.29) is 11.5 Å². The van der Waals surface area contributed by atoms with Crippen molar-refractivity contribution in [2.75, 3.05) is 17.7 Å². The molecule has 3 N–H and O–H groups in total. The van der Waals surface area contributed by atoms with E-state index < -0.39 is 0 Å². The molecule has 2 aromatic rings. The van der Waals surface area contributed by atoms with Gasteiger partial charge in [-0.2, -0.15) is 0 Å². The summed E-state index contributed by atoms with van der Waals surface area (Å²) in [7, 11) is 1.90. The normalized spacial score (nSPS) is 10.8. The first-order valence-corrected chi connectivity index (χ1v) is 6.63. The molecular weight excluding hydrogens is 252 g/mol. The Hall–Kier alpha value is -2.30. The van der Waals surface area contributed by atoms with Crippen molar-refractivity contribution in [2.45, 2.75) is 26.3 Å². The minimum atomic E-state index is -0.133. The summed E-state index contributed by atoms with van der Waals surface area (Å²) in [5.41, 5.74) is 7.57. The van der Waals surface area contributed by atoms with E-state index in [1.54, 1.807) is 0 Å². The summed E-state index contributed by atoms with van der Waals surface area (Å²) in [4.78, 5) is 20.9. The number of hydrogen-bond acceptors (Lipinski definition) is 4. The average molecular weight is 272 g/mol. The molecule has 5 heteroatoms. The fourth-order valence-corrected chi connectivity index (χ4v) is 1.95. The van der Waals surface area contributed by atoms with Crippen molar-refractivity contribution in [1.82, 2.24) is 9.97 Å². The van der Waals surface area contributed by atoms with Gasteiger partial charge in [-0.05, 0) is 11.6 Å². The second-order valence-electron chi connectivity index (χ2n) is 5.20. The lowest BCUT2D eigenvalue weighted by Crippen LogP contribution is -2.22. The number of nitrogens with two attached hydrogens (primary N) is 1. The molecule has 0 spiro atoms. The fraction of sp³-hybridized carbons (Fsp3) is 0.333. The largest absolute Gasteiger partial charge is 0.398 e. The van der Waals surface area contributed by atoms with Gasteiger partial charge in [0, 0.05) is 31.3 Å². The van der Waals surface area contributed by atoms with Crippen molar-refractivity contribution >= 4 is 11.5 Å². The van der Waals surface area contributed by atoms with Gasteiger partial charge in [0.2, 0.25) is 0 Å². The maximum absolute atomic E-state index is 11.7. The van der Waals surface area contributed by atoms with Crippen LogP contribution in [0.1, 0.15) is 31.2 Å². The monoisotopic (exact) mass is 272 g/mol. The van der Waals surface area contributed by atoms with Crippen molar-refractivity contribution in [2.24, 2.45) is 0 Å². The molecule has 0 amide bonds. The third-order valence-corrected chi connectivity index (χ3v) is 3.15. The van der Waals surface area contributed by atoms with Crippen molar-refractivity contribution in [3.8, 4) is 0 Å². The first-order chi connectivity index (χ1) is 9.47. The number of benzene rings is 1. The Morgan fingerprint density at radius 2 is 2.05 bits per heavy atom. The lowest BCUT2D eigenvalue weighted by Gasteiger charge is -2.20. The zero-order chi connectivity index (χ0) is 14.7. The SMILES string of the molecule is CC(C)c1nc(N(C)Cc2ccccc2N)cc(=O)[nH]1. The topological polar surface area (TPSA) is 75.0 Å². The molecule has 0 aliphatic rings. The van der Waals surface area contributed by atoms with Crippen LogP contribution in [0.5, 0.6) is 0 Å². The quantitative estimate of drug-likeness (QED) is 0.836. The number of nitrogens with zero attached hydrogens (tertiary/aromatic N) is 2. The summed E-state index contributed by atoms with van der Waals surface area (Å²) in [6.45, 7) is 4.61. The Balaban J connectivity index is 2.27.